The van der Waals surface area contributed by atoms with Crippen LogP contribution in [0, 0.1) is 0 Å². The van der Waals surface area contributed by atoms with Crippen molar-refractivity contribution in [2.24, 2.45) is 0 Å². The molecule has 1 heterocycles. The number of hydrogen-bond acceptors (Lipinski definition) is 2. The first-order valence-corrected chi connectivity index (χ1v) is 4.86. The highest BCUT2D eigenvalue weighted by molar-refractivity contribution is 5.46. The third-order valence-electron chi connectivity index (χ3n) is 2.23. The second-order valence-corrected chi connectivity index (χ2v) is 3.30. The highest BCUT2D eigenvalue weighted by atomic mass is 16.1. The van der Waals surface area contributed by atoms with E-state index in [9.17, 15) is 4.79 Å². The molecule has 0 saturated heterocycles. The Kier molecular flexibility index (Phi) is 4.11. The number of aryl methyl sites for hydroxylation is 1. The minimum atomic E-state index is 0.752. The Morgan fingerprint density at radius 2 is 2.36 bits per heavy atom. The fourth-order valence-corrected chi connectivity index (χ4v) is 1.37. The molecule has 3 heteroatoms. The van der Waals surface area contributed by atoms with E-state index in [2.05, 4.69) is 18.0 Å². The zero-order chi connectivity index (χ0) is 10.4. The minimum absolute atomic E-state index is 0.752. The van der Waals surface area contributed by atoms with Crippen LogP contribution in [0.1, 0.15) is 18.2 Å². The summed E-state index contributed by atoms with van der Waals surface area (Å²) in [4.78, 5) is 16.3. The van der Waals surface area contributed by atoms with Gasteiger partial charge < -0.3 is 4.90 Å². The Hall–Kier alpha value is -1.38. The molecular formula is C11H16N2O. The molecule has 0 N–H and O–H groups in total. The molecule has 0 fully saturated rings. The third-order valence-corrected chi connectivity index (χ3v) is 2.23. The molecule has 14 heavy (non-hydrogen) atoms. The molecule has 0 saturated carbocycles. The lowest BCUT2D eigenvalue weighted by Gasteiger charge is -2.11. The van der Waals surface area contributed by atoms with Gasteiger partial charge in [0.25, 0.3) is 0 Å². The van der Waals surface area contributed by atoms with Crippen LogP contribution in [0.2, 0.25) is 0 Å². The predicted molar refractivity (Wildman–Crippen MR) is 56.0 cm³/mol. The van der Waals surface area contributed by atoms with Crippen molar-refractivity contribution in [3.8, 4) is 0 Å². The number of aromatic nitrogens is 1. The fourth-order valence-electron chi connectivity index (χ4n) is 1.37. The largest absolute Gasteiger partial charge is 0.348 e. The van der Waals surface area contributed by atoms with E-state index in [0.29, 0.717) is 0 Å². The first-order valence-electron chi connectivity index (χ1n) is 4.86. The molecule has 3 nitrogen and oxygen atoms in total. The molecule has 1 aromatic heterocycles. The molecule has 1 rings (SSSR count). The number of nitrogens with zero attached hydrogens (tertiary/aromatic N) is 2. The molecule has 76 valence electrons. The number of amides is 1. The third kappa shape index (κ3) is 2.83. The summed E-state index contributed by atoms with van der Waals surface area (Å²) < 4.78 is 0. The number of carbonyl (C=O) groups excluding carboxylic acids is 1. The topological polar surface area (TPSA) is 33.2 Å². The van der Waals surface area contributed by atoms with Gasteiger partial charge in [-0.1, -0.05) is 13.0 Å². The maximum absolute atomic E-state index is 10.4. The van der Waals surface area contributed by atoms with Gasteiger partial charge in [-0.2, -0.15) is 0 Å². The van der Waals surface area contributed by atoms with Crippen molar-refractivity contribution < 1.29 is 4.79 Å². The van der Waals surface area contributed by atoms with Gasteiger partial charge in [-0.15, -0.1) is 0 Å². The van der Waals surface area contributed by atoms with E-state index < -0.39 is 0 Å². The predicted octanol–water partition coefficient (Wildman–Crippen LogP) is 1.27. The van der Waals surface area contributed by atoms with Crippen molar-refractivity contribution in [2.75, 3.05) is 13.6 Å². The molecule has 0 bridgehead atoms. The van der Waals surface area contributed by atoms with Crippen molar-refractivity contribution >= 4 is 6.41 Å². The number of pyridine rings is 1. The van der Waals surface area contributed by atoms with Gasteiger partial charge in [-0.05, 0) is 24.5 Å². The summed E-state index contributed by atoms with van der Waals surface area (Å²) in [5.74, 6) is 0. The van der Waals surface area contributed by atoms with Gasteiger partial charge in [0.1, 0.15) is 0 Å². The molecule has 1 aromatic rings. The quantitative estimate of drug-likeness (QED) is 0.658. The highest BCUT2D eigenvalue weighted by Gasteiger charge is 2.01. The van der Waals surface area contributed by atoms with E-state index in [1.165, 1.54) is 5.56 Å². The smallest absolute Gasteiger partial charge is 0.209 e. The van der Waals surface area contributed by atoms with Gasteiger partial charge in [0.15, 0.2) is 0 Å². The summed E-state index contributed by atoms with van der Waals surface area (Å²) in [5.41, 5.74) is 2.37. The van der Waals surface area contributed by atoms with Crippen LogP contribution < -0.4 is 0 Å². The SMILES string of the molecule is CCc1ncccc1CCN(C)C=O. The van der Waals surface area contributed by atoms with E-state index in [0.717, 1.165) is 31.5 Å². The van der Waals surface area contributed by atoms with Crippen molar-refractivity contribution in [3.63, 3.8) is 0 Å². The zero-order valence-electron chi connectivity index (χ0n) is 8.73. The molecular weight excluding hydrogens is 176 g/mol. The average molecular weight is 192 g/mol. The second-order valence-electron chi connectivity index (χ2n) is 3.30. The van der Waals surface area contributed by atoms with Gasteiger partial charge >= 0.3 is 0 Å². The number of rotatable bonds is 5. The number of carbonyl (C=O) groups is 1. The van der Waals surface area contributed by atoms with Crippen LogP contribution >= 0.6 is 0 Å². The first-order chi connectivity index (χ1) is 6.77. The monoisotopic (exact) mass is 192 g/mol. The Morgan fingerprint density at radius 1 is 1.57 bits per heavy atom. The molecule has 0 aromatic carbocycles. The van der Waals surface area contributed by atoms with Crippen LogP contribution in [-0.4, -0.2) is 29.9 Å². The Labute approximate surface area is 84.8 Å². The van der Waals surface area contributed by atoms with E-state index in [1.54, 1.807) is 11.9 Å². The van der Waals surface area contributed by atoms with E-state index >= 15 is 0 Å². The molecule has 0 unspecified atom stereocenters. The molecule has 0 atom stereocenters. The summed E-state index contributed by atoms with van der Waals surface area (Å²) in [7, 11) is 1.79. The van der Waals surface area contributed by atoms with Crippen molar-refractivity contribution in [1.82, 2.24) is 9.88 Å². The van der Waals surface area contributed by atoms with E-state index in [4.69, 9.17) is 0 Å². The van der Waals surface area contributed by atoms with Gasteiger partial charge in [-0.3, -0.25) is 9.78 Å². The Morgan fingerprint density at radius 3 is 3.00 bits per heavy atom. The normalized spacial score (nSPS) is 9.86. The van der Waals surface area contributed by atoms with Crippen LogP contribution in [0.5, 0.6) is 0 Å². The lowest BCUT2D eigenvalue weighted by Crippen LogP contribution is -2.19. The van der Waals surface area contributed by atoms with Crippen LogP contribution in [0.25, 0.3) is 0 Å². The Bertz CT molecular complexity index is 299. The molecule has 1 amide bonds. The summed E-state index contributed by atoms with van der Waals surface area (Å²) >= 11 is 0. The van der Waals surface area contributed by atoms with Crippen LogP contribution in [0.3, 0.4) is 0 Å². The average Bonchev–Trinajstić information content (AvgIpc) is 2.26. The lowest BCUT2D eigenvalue weighted by atomic mass is 10.1. The summed E-state index contributed by atoms with van der Waals surface area (Å²) in [6.07, 6.45) is 4.49. The maximum Gasteiger partial charge on any atom is 0.209 e. The van der Waals surface area contributed by atoms with Crippen molar-refractivity contribution in [1.29, 1.82) is 0 Å². The Balaban J connectivity index is 2.61. The first kappa shape index (κ1) is 10.7. The van der Waals surface area contributed by atoms with Gasteiger partial charge in [0, 0.05) is 25.5 Å². The number of hydrogen-bond donors (Lipinski definition) is 0. The molecule has 0 aliphatic carbocycles. The molecule has 0 aliphatic rings. The van der Waals surface area contributed by atoms with Gasteiger partial charge in [0.2, 0.25) is 6.41 Å². The van der Waals surface area contributed by atoms with Gasteiger partial charge in [0.05, 0.1) is 0 Å². The lowest BCUT2D eigenvalue weighted by molar-refractivity contribution is -0.116. The highest BCUT2D eigenvalue weighted by Crippen LogP contribution is 2.06. The summed E-state index contributed by atoms with van der Waals surface area (Å²) in [6.45, 7) is 2.84. The van der Waals surface area contributed by atoms with Crippen LogP contribution in [-0.2, 0) is 17.6 Å². The maximum atomic E-state index is 10.4. The van der Waals surface area contributed by atoms with E-state index in [-0.39, 0.29) is 0 Å². The second kappa shape index (κ2) is 5.37. The van der Waals surface area contributed by atoms with E-state index in [1.807, 2.05) is 12.3 Å². The summed E-state index contributed by atoms with van der Waals surface area (Å²) in [6, 6.07) is 4.01. The minimum Gasteiger partial charge on any atom is -0.348 e. The molecule has 0 spiro atoms. The van der Waals surface area contributed by atoms with Gasteiger partial charge in [-0.25, -0.2) is 0 Å². The van der Waals surface area contributed by atoms with Crippen LogP contribution in [0.4, 0.5) is 0 Å². The fraction of sp³-hybridized carbons (Fsp3) is 0.455. The standard InChI is InChI=1S/C11H16N2O/c1-3-11-10(5-4-7-12-11)6-8-13(2)9-14/h4-5,7,9H,3,6,8H2,1-2H3. The number of likely N-dealkylation sites (N-methyl/N-ethyl adjacent to an activating group) is 1. The zero-order valence-corrected chi connectivity index (χ0v) is 8.73. The molecule has 0 aliphatic heterocycles. The molecule has 0 radical (unpaired) electrons. The van der Waals surface area contributed by atoms with Crippen LogP contribution in [0.15, 0.2) is 18.3 Å². The van der Waals surface area contributed by atoms with Crippen molar-refractivity contribution in [2.45, 2.75) is 19.8 Å². The van der Waals surface area contributed by atoms with Crippen molar-refractivity contribution in [3.05, 3.63) is 29.6 Å². The summed E-state index contributed by atoms with van der Waals surface area (Å²) in [5, 5.41) is 0.